The van der Waals surface area contributed by atoms with E-state index < -0.39 is 5.97 Å². The number of carbonyl (C=O) groups is 1. The van der Waals surface area contributed by atoms with Gasteiger partial charge in [0.1, 0.15) is 0 Å². The maximum Gasteiger partial charge on any atom is 0.307 e. The summed E-state index contributed by atoms with van der Waals surface area (Å²) in [6.45, 7) is 6.69. The molecule has 0 amide bonds. The van der Waals surface area contributed by atoms with Gasteiger partial charge in [-0.15, -0.1) is 0 Å². The van der Waals surface area contributed by atoms with Gasteiger partial charge in [0.25, 0.3) is 0 Å². The number of carboxylic acids is 1. The van der Waals surface area contributed by atoms with Crippen LogP contribution < -0.4 is 5.32 Å². The van der Waals surface area contributed by atoms with E-state index in [4.69, 9.17) is 9.84 Å². The molecule has 0 saturated heterocycles. The minimum atomic E-state index is -0.750. The van der Waals surface area contributed by atoms with Gasteiger partial charge in [0.2, 0.25) is 0 Å². The van der Waals surface area contributed by atoms with E-state index in [-0.39, 0.29) is 5.92 Å². The molecule has 0 aliphatic heterocycles. The fourth-order valence-corrected chi connectivity index (χ4v) is 0.952. The topological polar surface area (TPSA) is 58.6 Å². The predicted octanol–water partition coefficient (Wildman–Crippen LogP) is 1.11. The van der Waals surface area contributed by atoms with Crippen LogP contribution in [0.5, 0.6) is 0 Å². The van der Waals surface area contributed by atoms with Crippen LogP contribution in [0.1, 0.15) is 26.7 Å². The van der Waals surface area contributed by atoms with Gasteiger partial charge < -0.3 is 15.2 Å². The SMILES string of the molecule is CCCOCCCNCC(C)C(=O)O. The molecule has 0 aromatic rings. The zero-order chi connectivity index (χ0) is 10.8. The van der Waals surface area contributed by atoms with Gasteiger partial charge in [0, 0.05) is 19.8 Å². The van der Waals surface area contributed by atoms with E-state index in [2.05, 4.69) is 12.2 Å². The minimum absolute atomic E-state index is 0.313. The average Bonchev–Trinajstić information content (AvgIpc) is 2.16. The van der Waals surface area contributed by atoms with Crippen LogP contribution in [0, 0.1) is 5.92 Å². The minimum Gasteiger partial charge on any atom is -0.481 e. The van der Waals surface area contributed by atoms with Gasteiger partial charge >= 0.3 is 5.97 Å². The first-order chi connectivity index (χ1) is 6.68. The number of carboxylic acid groups (broad SMARTS) is 1. The van der Waals surface area contributed by atoms with Crippen molar-refractivity contribution < 1.29 is 14.6 Å². The standard InChI is InChI=1S/C10H21NO3/c1-3-6-14-7-4-5-11-8-9(2)10(12)13/h9,11H,3-8H2,1-2H3,(H,12,13). The Morgan fingerprint density at radius 2 is 2.21 bits per heavy atom. The molecule has 0 radical (unpaired) electrons. The Bertz CT molecular complexity index is 150. The maximum absolute atomic E-state index is 10.4. The van der Waals surface area contributed by atoms with E-state index in [9.17, 15) is 4.79 Å². The lowest BCUT2D eigenvalue weighted by Gasteiger charge is -2.08. The number of aliphatic carboxylic acids is 1. The Hall–Kier alpha value is -0.610. The molecule has 4 heteroatoms. The van der Waals surface area contributed by atoms with Crippen LogP contribution in [0.25, 0.3) is 0 Å². The van der Waals surface area contributed by atoms with Gasteiger partial charge in [-0.1, -0.05) is 13.8 Å². The number of hydrogen-bond acceptors (Lipinski definition) is 3. The molecule has 0 heterocycles. The predicted molar refractivity (Wildman–Crippen MR) is 55.4 cm³/mol. The summed E-state index contributed by atoms with van der Waals surface area (Å²) in [5, 5.41) is 11.7. The molecule has 84 valence electrons. The second-order valence-electron chi connectivity index (χ2n) is 3.41. The summed E-state index contributed by atoms with van der Waals surface area (Å²) in [5.74, 6) is -1.06. The summed E-state index contributed by atoms with van der Waals surface area (Å²) < 4.78 is 5.28. The number of hydrogen-bond donors (Lipinski definition) is 2. The van der Waals surface area contributed by atoms with Crippen LogP contribution in [0.15, 0.2) is 0 Å². The normalized spacial score (nSPS) is 12.7. The summed E-state index contributed by atoms with van der Waals surface area (Å²) in [4.78, 5) is 10.4. The van der Waals surface area contributed by atoms with E-state index in [0.717, 1.165) is 32.6 Å². The van der Waals surface area contributed by atoms with E-state index in [1.807, 2.05) is 0 Å². The van der Waals surface area contributed by atoms with Gasteiger partial charge in [-0.25, -0.2) is 0 Å². The lowest BCUT2D eigenvalue weighted by atomic mass is 10.2. The van der Waals surface area contributed by atoms with Crippen molar-refractivity contribution in [3.63, 3.8) is 0 Å². The van der Waals surface area contributed by atoms with E-state index >= 15 is 0 Å². The highest BCUT2D eigenvalue weighted by Gasteiger charge is 2.08. The number of nitrogens with one attached hydrogen (secondary N) is 1. The van der Waals surface area contributed by atoms with Crippen LogP contribution in [0.3, 0.4) is 0 Å². The van der Waals surface area contributed by atoms with Crippen molar-refractivity contribution in [1.29, 1.82) is 0 Å². The van der Waals surface area contributed by atoms with Crippen LogP contribution in [0.2, 0.25) is 0 Å². The Balaban J connectivity index is 3.09. The molecule has 0 rings (SSSR count). The Morgan fingerprint density at radius 1 is 1.50 bits per heavy atom. The van der Waals surface area contributed by atoms with Crippen molar-refractivity contribution in [2.45, 2.75) is 26.7 Å². The van der Waals surface area contributed by atoms with Crippen LogP contribution in [0.4, 0.5) is 0 Å². The first-order valence-electron chi connectivity index (χ1n) is 5.19. The zero-order valence-corrected chi connectivity index (χ0v) is 9.08. The largest absolute Gasteiger partial charge is 0.481 e. The molecular formula is C10H21NO3. The third-order valence-electron chi connectivity index (χ3n) is 1.86. The highest BCUT2D eigenvalue weighted by Crippen LogP contribution is 1.91. The highest BCUT2D eigenvalue weighted by molar-refractivity contribution is 5.69. The first kappa shape index (κ1) is 13.4. The molecule has 14 heavy (non-hydrogen) atoms. The van der Waals surface area contributed by atoms with Crippen LogP contribution in [-0.2, 0) is 9.53 Å². The summed E-state index contributed by atoms with van der Waals surface area (Å²) in [5.41, 5.74) is 0. The molecular weight excluding hydrogens is 182 g/mol. The molecule has 0 saturated carbocycles. The van der Waals surface area contributed by atoms with Crippen molar-refractivity contribution >= 4 is 5.97 Å². The van der Waals surface area contributed by atoms with Crippen LogP contribution in [-0.4, -0.2) is 37.4 Å². The fourth-order valence-electron chi connectivity index (χ4n) is 0.952. The van der Waals surface area contributed by atoms with Gasteiger partial charge in [0.05, 0.1) is 5.92 Å². The van der Waals surface area contributed by atoms with E-state index in [0.29, 0.717) is 6.54 Å². The van der Waals surface area contributed by atoms with Crippen molar-refractivity contribution in [3.8, 4) is 0 Å². The average molecular weight is 203 g/mol. The molecule has 4 nitrogen and oxygen atoms in total. The van der Waals surface area contributed by atoms with Crippen molar-refractivity contribution in [2.24, 2.45) is 5.92 Å². The molecule has 2 N–H and O–H groups in total. The highest BCUT2D eigenvalue weighted by atomic mass is 16.5. The zero-order valence-electron chi connectivity index (χ0n) is 9.08. The van der Waals surface area contributed by atoms with Gasteiger partial charge in [0.15, 0.2) is 0 Å². The molecule has 1 unspecified atom stereocenters. The molecule has 0 aromatic carbocycles. The fraction of sp³-hybridized carbons (Fsp3) is 0.900. The van der Waals surface area contributed by atoms with Gasteiger partial charge in [-0.3, -0.25) is 4.79 Å². The molecule has 0 bridgehead atoms. The lowest BCUT2D eigenvalue weighted by Crippen LogP contribution is -2.27. The summed E-state index contributed by atoms with van der Waals surface area (Å²) in [6, 6.07) is 0. The number of ether oxygens (including phenoxy) is 1. The number of rotatable bonds is 9. The molecule has 1 atom stereocenters. The van der Waals surface area contributed by atoms with E-state index in [1.54, 1.807) is 6.92 Å². The van der Waals surface area contributed by atoms with Crippen molar-refractivity contribution in [3.05, 3.63) is 0 Å². The third kappa shape index (κ3) is 8.01. The van der Waals surface area contributed by atoms with Crippen LogP contribution >= 0.6 is 0 Å². The van der Waals surface area contributed by atoms with Gasteiger partial charge in [-0.05, 0) is 19.4 Å². The Kier molecular flexibility index (Phi) is 8.57. The molecule has 0 spiro atoms. The van der Waals surface area contributed by atoms with E-state index in [1.165, 1.54) is 0 Å². The van der Waals surface area contributed by atoms with Gasteiger partial charge in [-0.2, -0.15) is 0 Å². The maximum atomic E-state index is 10.4. The quantitative estimate of drug-likeness (QED) is 0.551. The molecule has 0 aliphatic rings. The summed E-state index contributed by atoms with van der Waals surface area (Å²) in [7, 11) is 0. The molecule has 0 aliphatic carbocycles. The first-order valence-corrected chi connectivity index (χ1v) is 5.19. The summed E-state index contributed by atoms with van der Waals surface area (Å²) >= 11 is 0. The third-order valence-corrected chi connectivity index (χ3v) is 1.86. The Morgan fingerprint density at radius 3 is 2.79 bits per heavy atom. The lowest BCUT2D eigenvalue weighted by molar-refractivity contribution is -0.140. The smallest absolute Gasteiger partial charge is 0.307 e. The second-order valence-corrected chi connectivity index (χ2v) is 3.41. The molecule has 0 aromatic heterocycles. The summed E-state index contributed by atoms with van der Waals surface area (Å²) in [6.07, 6.45) is 1.98. The monoisotopic (exact) mass is 203 g/mol. The van der Waals surface area contributed by atoms with Crippen molar-refractivity contribution in [2.75, 3.05) is 26.3 Å². The second kappa shape index (κ2) is 8.97. The Labute approximate surface area is 85.6 Å². The van der Waals surface area contributed by atoms with Crippen molar-refractivity contribution in [1.82, 2.24) is 5.32 Å². The molecule has 0 fully saturated rings.